The molecule has 0 unspecified atom stereocenters. The van der Waals surface area contributed by atoms with Gasteiger partial charge in [0, 0.05) is 34.3 Å². The minimum atomic E-state index is -0.281. The Hall–Kier alpha value is -7.35. The number of carbonyl (C=O) groups is 1. The van der Waals surface area contributed by atoms with Crippen molar-refractivity contribution in [2.24, 2.45) is 0 Å². The molecule has 0 aliphatic heterocycles. The zero-order chi connectivity index (χ0) is 42.4. The van der Waals surface area contributed by atoms with E-state index in [4.69, 9.17) is 22.3 Å². The van der Waals surface area contributed by atoms with E-state index in [0.717, 1.165) is 33.3 Å². The quantitative estimate of drug-likeness (QED) is 0.0872. The van der Waals surface area contributed by atoms with Crippen LogP contribution in [0.15, 0.2) is 150 Å². The van der Waals surface area contributed by atoms with Crippen LogP contribution in [-0.2, 0) is 13.1 Å². The fourth-order valence-electron chi connectivity index (χ4n) is 6.69. The lowest BCUT2D eigenvalue weighted by molar-refractivity contribution is 0.103. The Morgan fingerprint density at radius 2 is 1.23 bits per heavy atom. The number of hydrogen-bond acceptors (Lipinski definition) is 6. The van der Waals surface area contributed by atoms with E-state index in [0.29, 0.717) is 53.2 Å². The second kappa shape index (κ2) is 20.4. The number of carbonyl (C=O) groups excluding carboxylic acids is 1. The molecule has 60 heavy (non-hydrogen) atoms. The number of nitrogens with zero attached hydrogens (tertiary/aromatic N) is 2. The Morgan fingerprint density at radius 1 is 0.683 bits per heavy atom. The summed E-state index contributed by atoms with van der Waals surface area (Å²) in [4.78, 5) is 30.8. The van der Waals surface area contributed by atoms with Gasteiger partial charge in [-0.2, -0.15) is 4.98 Å². The molecule has 300 valence electrons. The minimum Gasteiger partial charge on any atom is -0.481 e. The normalized spacial score (nSPS) is 10.7. The van der Waals surface area contributed by atoms with Gasteiger partial charge < -0.3 is 14.8 Å². The number of benzene rings is 6. The van der Waals surface area contributed by atoms with Crippen molar-refractivity contribution in [2.75, 3.05) is 18.5 Å². The predicted molar refractivity (Wildman–Crippen MR) is 244 cm³/mol. The van der Waals surface area contributed by atoms with Crippen LogP contribution < -0.4 is 20.5 Å². The Morgan fingerprint density at radius 3 is 1.82 bits per heavy atom. The summed E-state index contributed by atoms with van der Waals surface area (Å²) in [6.45, 7) is 9.99. The van der Waals surface area contributed by atoms with Crippen molar-refractivity contribution in [3.05, 3.63) is 189 Å². The van der Waals surface area contributed by atoms with E-state index < -0.39 is 0 Å². The van der Waals surface area contributed by atoms with Gasteiger partial charge in [-0.3, -0.25) is 9.36 Å². The van der Waals surface area contributed by atoms with Crippen LogP contribution in [0.5, 0.6) is 11.5 Å². The molecule has 0 aliphatic carbocycles. The summed E-state index contributed by atoms with van der Waals surface area (Å²) in [7, 11) is 0. The van der Waals surface area contributed by atoms with Crippen molar-refractivity contribution in [3.8, 4) is 47.4 Å². The monoisotopic (exact) mass is 791 g/mol. The molecule has 1 aromatic heterocycles. The van der Waals surface area contributed by atoms with Gasteiger partial charge in [0.25, 0.3) is 0 Å². The number of aromatic nitrogens is 2. The summed E-state index contributed by atoms with van der Waals surface area (Å²) in [5.74, 6) is 6.97. The molecule has 7 aromatic rings. The Kier molecular flexibility index (Phi) is 14.3. The second-order valence-electron chi connectivity index (χ2n) is 14.9. The van der Waals surface area contributed by atoms with Crippen molar-refractivity contribution in [2.45, 2.75) is 52.6 Å². The fourth-order valence-corrected chi connectivity index (χ4v) is 6.69. The average molecular weight is 792 g/mol. The maximum absolute atomic E-state index is 13.2. The summed E-state index contributed by atoms with van der Waals surface area (Å²) >= 11 is 0. The molecule has 0 spiro atoms. The molecule has 0 saturated carbocycles. The van der Waals surface area contributed by atoms with E-state index in [2.05, 4.69) is 62.0 Å². The van der Waals surface area contributed by atoms with Crippen molar-refractivity contribution in [3.63, 3.8) is 0 Å². The molecule has 6 aromatic carbocycles. The molecule has 0 aliphatic rings. The third-order valence-corrected chi connectivity index (χ3v) is 10.0. The maximum Gasteiger partial charge on any atom is 0.348 e. The average Bonchev–Trinajstić information content (AvgIpc) is 3.28. The first kappa shape index (κ1) is 42.3. The molecule has 0 fully saturated rings. The lowest BCUT2D eigenvalue weighted by Crippen LogP contribution is -2.24. The molecular formula is C53H49N3O4. The van der Waals surface area contributed by atoms with E-state index in [1.165, 1.54) is 11.1 Å². The molecule has 0 radical (unpaired) electrons. The van der Waals surface area contributed by atoms with Gasteiger partial charge in [0.15, 0.2) is 5.78 Å². The first-order valence-electron chi connectivity index (χ1n) is 20.0. The summed E-state index contributed by atoms with van der Waals surface area (Å²) in [6, 6.07) is 47.0. The third-order valence-electron chi connectivity index (χ3n) is 10.0. The number of terminal acetylenes is 2. The van der Waals surface area contributed by atoms with Crippen LogP contribution >= 0.6 is 0 Å². The number of hydrogen-bond donors (Lipinski definition) is 1. The van der Waals surface area contributed by atoms with Crippen LogP contribution in [-0.4, -0.2) is 28.5 Å². The lowest BCUT2D eigenvalue weighted by Gasteiger charge is -2.15. The third kappa shape index (κ3) is 10.8. The van der Waals surface area contributed by atoms with Crippen LogP contribution in [0.4, 0.5) is 5.69 Å². The smallest absolute Gasteiger partial charge is 0.348 e. The highest BCUT2D eigenvalue weighted by molar-refractivity contribution is 6.12. The molecular weight excluding hydrogens is 743 g/mol. The summed E-state index contributed by atoms with van der Waals surface area (Å²) in [5, 5.41) is 4.23. The van der Waals surface area contributed by atoms with Crippen molar-refractivity contribution >= 4 is 22.4 Å². The first-order valence-corrected chi connectivity index (χ1v) is 20.0. The van der Waals surface area contributed by atoms with E-state index in [1.807, 2.05) is 127 Å². The molecule has 7 heteroatoms. The Labute approximate surface area is 353 Å². The van der Waals surface area contributed by atoms with Crippen molar-refractivity contribution < 1.29 is 14.3 Å². The number of anilines is 1. The van der Waals surface area contributed by atoms with Gasteiger partial charge in [0.1, 0.15) is 24.7 Å². The topological polar surface area (TPSA) is 82.5 Å². The zero-order valence-electron chi connectivity index (χ0n) is 34.5. The van der Waals surface area contributed by atoms with Gasteiger partial charge in [-0.05, 0) is 70.5 Å². The molecule has 7 rings (SSSR count). The van der Waals surface area contributed by atoms with E-state index in [9.17, 15) is 9.59 Å². The van der Waals surface area contributed by atoms with E-state index >= 15 is 0 Å². The second-order valence-corrected chi connectivity index (χ2v) is 14.9. The lowest BCUT2D eigenvalue weighted by atomic mass is 9.97. The predicted octanol–water partition coefficient (Wildman–Crippen LogP) is 10.9. The van der Waals surface area contributed by atoms with Gasteiger partial charge in [-0.15, -0.1) is 12.8 Å². The number of fused-ring (bicyclic) bond motifs is 1. The maximum atomic E-state index is 13.2. The van der Waals surface area contributed by atoms with Crippen molar-refractivity contribution in [1.29, 1.82) is 0 Å². The molecule has 7 nitrogen and oxygen atoms in total. The molecule has 0 bridgehead atoms. The molecule has 0 saturated heterocycles. The molecule has 0 atom stereocenters. The van der Waals surface area contributed by atoms with Gasteiger partial charge >= 0.3 is 5.69 Å². The van der Waals surface area contributed by atoms with Crippen molar-refractivity contribution in [1.82, 2.24) is 9.55 Å². The highest BCUT2D eigenvalue weighted by Gasteiger charge is 2.17. The highest BCUT2D eigenvalue weighted by atomic mass is 16.5. The Bertz CT molecular complexity index is 2670. The molecule has 1 heterocycles. The van der Waals surface area contributed by atoms with Gasteiger partial charge in [-0.1, -0.05) is 149 Å². The molecule has 1 N–H and O–H groups in total. The van der Waals surface area contributed by atoms with Crippen LogP contribution in [0.3, 0.4) is 0 Å². The largest absolute Gasteiger partial charge is 0.481 e. The Balaban J connectivity index is 0.000000202. The van der Waals surface area contributed by atoms with Gasteiger partial charge in [0.05, 0.1) is 17.8 Å². The highest BCUT2D eigenvalue weighted by Crippen LogP contribution is 2.31. The number of rotatable bonds is 14. The van der Waals surface area contributed by atoms with Crippen LogP contribution in [0.25, 0.3) is 22.2 Å². The summed E-state index contributed by atoms with van der Waals surface area (Å²) in [6.07, 6.45) is 10.6. The fraction of sp³-hybridized carbons (Fsp3) is 0.189. The SMILES string of the molecule is C#CCOc1ccc(NCc2ccccc2)c(C(=O)c2ccc(C(C)C)cc2)c1.C#CCOc1ccc2c(c1)c(-c1ccc(C(C)C)cc1)nc(=O)n2Cc1ccccc1. The standard InChI is InChI=1S/C27H24N2O2.C26H25NO2/c1-4-16-31-23-14-15-25-24(17-23)26(22-12-10-21(11-13-22)19(2)3)28-27(30)29(25)18-20-8-6-5-7-9-20;1-4-16-29-23-14-15-25(27-18-20-8-6-5-7-9-20)24(17-23)26(28)22-12-10-21(11-13-22)19(2)3/h1,5-15,17,19H,16,18H2,2-3H3;1,5-15,17,19,27H,16,18H2,2-3H3. The van der Waals surface area contributed by atoms with E-state index in [-0.39, 0.29) is 24.7 Å². The zero-order valence-corrected chi connectivity index (χ0v) is 34.5. The number of ketones is 1. The number of nitrogens with one attached hydrogen (secondary N) is 1. The van der Waals surface area contributed by atoms with Crippen LogP contribution in [0.1, 0.15) is 77.7 Å². The van der Waals surface area contributed by atoms with E-state index in [1.54, 1.807) is 10.6 Å². The first-order chi connectivity index (χ1) is 29.1. The van der Waals surface area contributed by atoms with Crippen LogP contribution in [0, 0.1) is 24.7 Å². The summed E-state index contributed by atoms with van der Waals surface area (Å²) < 4.78 is 12.9. The van der Waals surface area contributed by atoms with Gasteiger partial charge in [0.2, 0.25) is 0 Å². The van der Waals surface area contributed by atoms with Gasteiger partial charge in [-0.25, -0.2) is 4.79 Å². The minimum absolute atomic E-state index is 0.0537. The number of ether oxygens (including phenoxy) is 2. The van der Waals surface area contributed by atoms with Crippen LogP contribution in [0.2, 0.25) is 0 Å². The summed E-state index contributed by atoms with van der Waals surface area (Å²) in [5.41, 5.74) is 8.65. The molecule has 0 amide bonds.